The summed E-state index contributed by atoms with van der Waals surface area (Å²) < 4.78 is 11.6. The monoisotopic (exact) mass is 476 g/mol. The van der Waals surface area contributed by atoms with Crippen molar-refractivity contribution in [2.24, 2.45) is 5.92 Å². The second-order valence-electron chi connectivity index (χ2n) is 10.7. The molecule has 2 aliphatic heterocycles. The van der Waals surface area contributed by atoms with Crippen molar-refractivity contribution in [3.63, 3.8) is 0 Å². The van der Waals surface area contributed by atoms with Crippen molar-refractivity contribution in [1.29, 1.82) is 0 Å². The number of β-lactam (4-membered cyclic amide) rings is 1. The molecular weight excluding hydrogens is 436 g/mol. The molecule has 4 atom stereocenters. The lowest BCUT2D eigenvalue weighted by atomic mass is 9.82. The first-order valence-electron chi connectivity index (χ1n) is 11.6. The molecule has 2 amide bonds. The Kier molecular flexibility index (Phi) is 8.51. The Labute approximate surface area is 199 Å². The number of allylic oxidation sites excluding steroid dienone is 1. The van der Waals surface area contributed by atoms with Gasteiger partial charge in [0.25, 0.3) is 0 Å². The van der Waals surface area contributed by atoms with Gasteiger partial charge >= 0.3 is 6.09 Å². The van der Waals surface area contributed by atoms with Gasteiger partial charge in [-0.25, -0.2) is 4.79 Å². The molecule has 0 aliphatic carbocycles. The summed E-state index contributed by atoms with van der Waals surface area (Å²) in [6.07, 6.45) is 3.42. The highest BCUT2D eigenvalue weighted by Gasteiger charge is 2.48. The first-order valence-corrected chi connectivity index (χ1v) is 14.5. The number of likely N-dealkylation sites (tertiary alicyclic amines) is 1. The van der Waals surface area contributed by atoms with Gasteiger partial charge in [0.1, 0.15) is 6.61 Å². The van der Waals surface area contributed by atoms with Crippen molar-refractivity contribution < 1.29 is 23.5 Å². The summed E-state index contributed by atoms with van der Waals surface area (Å²) >= 11 is 0. The van der Waals surface area contributed by atoms with Crippen LogP contribution in [0.2, 0.25) is 18.1 Å². The molecule has 2 fully saturated rings. The van der Waals surface area contributed by atoms with Crippen LogP contribution in [-0.4, -0.2) is 62.3 Å². The van der Waals surface area contributed by atoms with Gasteiger partial charge in [0, 0.05) is 13.0 Å². The first-order chi connectivity index (χ1) is 15.2. The third-order valence-electron chi connectivity index (χ3n) is 7.00. The number of carbonyl (C=O) groups excluding carboxylic acids is 3. The minimum absolute atomic E-state index is 0.0378. The standard InChI is InChI=1S/C25H40N2O5Si/c1-10-11-31-24(30)27-15-16(2)12-19(27)13-17(3)21(28)14-20-22(23(29)26-20)18(4)32-33(8,9)25(5,6)7/h10,13,18-20,22H,1-2,11-12,14-15H2,3-9H3,(H,26,29)/t18-,19+,20-,22-/m1/s1. The highest BCUT2D eigenvalue weighted by Crippen LogP contribution is 2.39. The van der Waals surface area contributed by atoms with Crippen LogP contribution < -0.4 is 5.32 Å². The van der Waals surface area contributed by atoms with Gasteiger partial charge in [-0.1, -0.05) is 51.7 Å². The van der Waals surface area contributed by atoms with E-state index < -0.39 is 14.4 Å². The van der Waals surface area contributed by atoms with Crippen molar-refractivity contribution in [3.05, 3.63) is 36.5 Å². The van der Waals surface area contributed by atoms with Crippen LogP contribution in [0.25, 0.3) is 0 Å². The van der Waals surface area contributed by atoms with E-state index in [1.165, 1.54) is 6.08 Å². The molecule has 33 heavy (non-hydrogen) atoms. The maximum absolute atomic E-state index is 13.0. The molecule has 2 rings (SSSR count). The number of carbonyl (C=O) groups is 3. The van der Waals surface area contributed by atoms with Crippen LogP contribution in [0.1, 0.15) is 47.5 Å². The van der Waals surface area contributed by atoms with E-state index >= 15 is 0 Å². The summed E-state index contributed by atoms with van der Waals surface area (Å²) in [4.78, 5) is 39.2. The average molecular weight is 477 g/mol. The molecule has 2 heterocycles. The Morgan fingerprint density at radius 2 is 1.97 bits per heavy atom. The van der Waals surface area contributed by atoms with Gasteiger partial charge in [-0.05, 0) is 44.0 Å². The maximum atomic E-state index is 13.0. The highest BCUT2D eigenvalue weighted by molar-refractivity contribution is 6.74. The number of hydrogen-bond acceptors (Lipinski definition) is 5. The van der Waals surface area contributed by atoms with E-state index in [1.54, 1.807) is 17.9 Å². The fraction of sp³-hybridized carbons (Fsp3) is 0.640. The molecule has 0 aromatic heterocycles. The largest absolute Gasteiger partial charge is 0.445 e. The Morgan fingerprint density at radius 3 is 2.52 bits per heavy atom. The molecule has 0 spiro atoms. The van der Waals surface area contributed by atoms with Gasteiger partial charge in [-0.15, -0.1) is 0 Å². The third kappa shape index (κ3) is 6.44. The van der Waals surface area contributed by atoms with E-state index in [9.17, 15) is 14.4 Å². The van der Waals surface area contributed by atoms with Gasteiger partial charge in [-0.3, -0.25) is 14.5 Å². The molecule has 2 saturated heterocycles. The van der Waals surface area contributed by atoms with Crippen molar-refractivity contribution in [3.8, 4) is 0 Å². The van der Waals surface area contributed by atoms with Crippen molar-refractivity contribution in [2.45, 2.75) is 83.8 Å². The highest BCUT2D eigenvalue weighted by atomic mass is 28.4. The lowest BCUT2D eigenvalue weighted by molar-refractivity contribution is -0.141. The fourth-order valence-corrected chi connectivity index (χ4v) is 5.45. The number of hydrogen-bond donors (Lipinski definition) is 1. The molecule has 1 N–H and O–H groups in total. The summed E-state index contributed by atoms with van der Waals surface area (Å²) in [5.74, 6) is -0.460. The fourth-order valence-electron chi connectivity index (χ4n) is 4.02. The number of amides is 2. The van der Waals surface area contributed by atoms with E-state index in [4.69, 9.17) is 9.16 Å². The number of Topliss-reactive ketones (excluding diaryl/α,β-unsaturated/α-hetero) is 1. The molecule has 0 radical (unpaired) electrons. The van der Waals surface area contributed by atoms with E-state index in [0.29, 0.717) is 18.5 Å². The molecular formula is C25H40N2O5Si. The van der Waals surface area contributed by atoms with Gasteiger partial charge in [0.2, 0.25) is 5.91 Å². The average Bonchev–Trinajstić information content (AvgIpc) is 3.03. The summed E-state index contributed by atoms with van der Waals surface area (Å²) in [7, 11) is -2.03. The van der Waals surface area contributed by atoms with E-state index in [2.05, 4.69) is 52.3 Å². The topological polar surface area (TPSA) is 84.9 Å². The Balaban J connectivity index is 2.03. The van der Waals surface area contributed by atoms with Crippen LogP contribution in [0.15, 0.2) is 36.5 Å². The number of nitrogens with zero attached hydrogens (tertiary/aromatic N) is 1. The van der Waals surface area contributed by atoms with Gasteiger partial charge in [0.15, 0.2) is 14.1 Å². The molecule has 7 nitrogen and oxygen atoms in total. The van der Waals surface area contributed by atoms with Gasteiger partial charge < -0.3 is 14.5 Å². The zero-order chi connectivity index (χ0) is 25.1. The predicted molar refractivity (Wildman–Crippen MR) is 132 cm³/mol. The summed E-state index contributed by atoms with van der Waals surface area (Å²) in [6.45, 7) is 22.6. The van der Waals surface area contributed by atoms with Crippen LogP contribution in [0.5, 0.6) is 0 Å². The summed E-state index contributed by atoms with van der Waals surface area (Å²) in [6, 6.07) is -0.522. The predicted octanol–water partition coefficient (Wildman–Crippen LogP) is 4.37. The number of ether oxygens (including phenoxy) is 1. The smallest absolute Gasteiger partial charge is 0.410 e. The zero-order valence-electron chi connectivity index (χ0n) is 21.2. The Bertz CT molecular complexity index is 842. The summed E-state index contributed by atoms with van der Waals surface area (Å²) in [5, 5.41) is 2.91. The second kappa shape index (κ2) is 10.4. The SMILES string of the molecule is C=CCOC(=O)N1CC(=C)C[C@H]1C=C(C)C(=O)C[C@H]1NC(=O)[C@@H]1[C@@H](C)O[Si](C)(C)C(C)(C)C. The molecule has 0 bridgehead atoms. The van der Waals surface area contributed by atoms with Crippen LogP contribution in [0.4, 0.5) is 4.79 Å². The first kappa shape index (κ1) is 27.1. The van der Waals surface area contributed by atoms with Crippen LogP contribution in [-0.2, 0) is 18.8 Å². The Morgan fingerprint density at radius 1 is 1.33 bits per heavy atom. The molecule has 0 unspecified atom stereocenters. The van der Waals surface area contributed by atoms with E-state index in [0.717, 1.165) is 5.57 Å². The van der Waals surface area contributed by atoms with Crippen LogP contribution in [0, 0.1) is 5.92 Å². The normalized spacial score (nSPS) is 24.8. The minimum atomic E-state index is -2.03. The number of rotatable bonds is 9. The summed E-state index contributed by atoms with van der Waals surface area (Å²) in [5.41, 5.74) is 1.48. The van der Waals surface area contributed by atoms with E-state index in [1.807, 2.05) is 6.92 Å². The van der Waals surface area contributed by atoms with Gasteiger partial charge in [0.05, 0.1) is 24.1 Å². The third-order valence-corrected chi connectivity index (χ3v) is 11.6. The van der Waals surface area contributed by atoms with Crippen molar-refractivity contribution >= 4 is 26.1 Å². The molecule has 0 aromatic rings. The second-order valence-corrected chi connectivity index (χ2v) is 15.5. The minimum Gasteiger partial charge on any atom is -0.445 e. The number of nitrogens with one attached hydrogen (secondary N) is 1. The molecule has 2 aliphatic rings. The van der Waals surface area contributed by atoms with Crippen molar-refractivity contribution in [2.75, 3.05) is 13.2 Å². The van der Waals surface area contributed by atoms with E-state index in [-0.39, 0.29) is 53.9 Å². The number of ketones is 1. The van der Waals surface area contributed by atoms with Crippen molar-refractivity contribution in [1.82, 2.24) is 10.2 Å². The van der Waals surface area contributed by atoms with Crippen LogP contribution >= 0.6 is 0 Å². The zero-order valence-corrected chi connectivity index (χ0v) is 22.2. The molecule has 0 saturated carbocycles. The lowest BCUT2D eigenvalue weighted by Gasteiger charge is -2.45. The lowest BCUT2D eigenvalue weighted by Crippen LogP contribution is -2.64. The molecule has 0 aromatic carbocycles. The molecule has 184 valence electrons. The van der Waals surface area contributed by atoms with Crippen LogP contribution in [0.3, 0.4) is 0 Å². The molecule has 8 heteroatoms. The quantitative estimate of drug-likeness (QED) is 0.231. The maximum Gasteiger partial charge on any atom is 0.410 e. The van der Waals surface area contributed by atoms with Gasteiger partial charge in [-0.2, -0.15) is 0 Å². The Hall–Kier alpha value is -2.19.